The van der Waals surface area contributed by atoms with Crippen LogP contribution in [0.5, 0.6) is 5.75 Å². The Morgan fingerprint density at radius 3 is 2.60 bits per heavy atom. The van der Waals surface area contributed by atoms with Crippen LogP contribution in [-0.4, -0.2) is 42.5 Å². The summed E-state index contributed by atoms with van der Waals surface area (Å²) in [6.07, 6.45) is 6.48. The number of carbonyl (C=O) groups is 1. The summed E-state index contributed by atoms with van der Waals surface area (Å²) in [6, 6.07) is 21.2. The number of carbonyl (C=O) groups excluding carboxylic acids is 1. The summed E-state index contributed by atoms with van der Waals surface area (Å²) in [5.74, 6) is 1.12. The fourth-order valence-electron chi connectivity index (χ4n) is 3.76. The van der Waals surface area contributed by atoms with Crippen LogP contribution in [0.3, 0.4) is 0 Å². The Morgan fingerprint density at radius 2 is 1.86 bits per heavy atom. The van der Waals surface area contributed by atoms with Crippen LogP contribution in [0.15, 0.2) is 91.8 Å². The maximum absolute atomic E-state index is 13.4. The van der Waals surface area contributed by atoms with E-state index in [-0.39, 0.29) is 12.5 Å². The SMILES string of the molecule is COc1ccc(-c2nn(Cc3ccccc3)cc2C(=O)NCc2cccnc2-n2cncn2)cc1. The van der Waals surface area contributed by atoms with E-state index in [2.05, 4.69) is 20.4 Å². The van der Waals surface area contributed by atoms with Crippen molar-refractivity contribution in [3.63, 3.8) is 0 Å². The normalized spacial score (nSPS) is 10.8. The van der Waals surface area contributed by atoms with E-state index >= 15 is 0 Å². The first-order chi connectivity index (χ1) is 17.2. The zero-order valence-electron chi connectivity index (χ0n) is 19.1. The molecule has 0 bridgehead atoms. The van der Waals surface area contributed by atoms with Gasteiger partial charge in [-0.1, -0.05) is 36.4 Å². The van der Waals surface area contributed by atoms with Crippen LogP contribution < -0.4 is 10.1 Å². The molecule has 0 saturated heterocycles. The molecule has 3 heterocycles. The molecule has 0 unspecified atom stereocenters. The fraction of sp³-hybridized carbons (Fsp3) is 0.115. The lowest BCUT2D eigenvalue weighted by Crippen LogP contribution is -2.24. The first kappa shape index (κ1) is 22.0. The average Bonchev–Trinajstić information content (AvgIpc) is 3.59. The molecule has 0 atom stereocenters. The minimum absolute atomic E-state index is 0.233. The lowest BCUT2D eigenvalue weighted by molar-refractivity contribution is 0.0951. The van der Waals surface area contributed by atoms with Crippen molar-refractivity contribution in [3.8, 4) is 22.8 Å². The third-order valence-corrected chi connectivity index (χ3v) is 5.50. The van der Waals surface area contributed by atoms with Crippen molar-refractivity contribution in [2.45, 2.75) is 13.1 Å². The molecule has 9 nitrogen and oxygen atoms in total. The third-order valence-electron chi connectivity index (χ3n) is 5.50. The number of hydrogen-bond donors (Lipinski definition) is 1. The van der Waals surface area contributed by atoms with E-state index < -0.39 is 0 Å². The first-order valence-electron chi connectivity index (χ1n) is 11.0. The van der Waals surface area contributed by atoms with E-state index in [1.807, 2.05) is 66.7 Å². The standard InChI is InChI=1S/C26H23N7O2/c1-35-22-11-9-20(10-12-22)24-23(16-32(31-24)15-19-6-3-2-4-7-19)26(34)29-14-21-8-5-13-28-25(21)33-18-27-17-30-33/h2-13,16-18H,14-15H2,1H3,(H,29,34). The maximum Gasteiger partial charge on any atom is 0.255 e. The summed E-state index contributed by atoms with van der Waals surface area (Å²) in [6.45, 7) is 0.824. The number of nitrogens with one attached hydrogen (secondary N) is 1. The summed E-state index contributed by atoms with van der Waals surface area (Å²) >= 11 is 0. The maximum atomic E-state index is 13.4. The van der Waals surface area contributed by atoms with Crippen LogP contribution >= 0.6 is 0 Å². The predicted octanol–water partition coefficient (Wildman–Crippen LogP) is 3.51. The van der Waals surface area contributed by atoms with E-state index in [0.29, 0.717) is 23.6 Å². The monoisotopic (exact) mass is 465 g/mol. The molecule has 1 N–H and O–H groups in total. The Labute approximate surface area is 202 Å². The quantitative estimate of drug-likeness (QED) is 0.376. The average molecular weight is 466 g/mol. The molecule has 0 aliphatic heterocycles. The van der Waals surface area contributed by atoms with Gasteiger partial charge in [0, 0.05) is 30.1 Å². The third kappa shape index (κ3) is 4.93. The van der Waals surface area contributed by atoms with Crippen LogP contribution in [0.25, 0.3) is 17.1 Å². The van der Waals surface area contributed by atoms with E-state index in [9.17, 15) is 4.79 Å². The van der Waals surface area contributed by atoms with E-state index in [1.54, 1.807) is 35.2 Å². The predicted molar refractivity (Wildman–Crippen MR) is 130 cm³/mol. The second-order valence-electron chi connectivity index (χ2n) is 7.81. The minimum atomic E-state index is -0.233. The van der Waals surface area contributed by atoms with Crippen LogP contribution in [0.1, 0.15) is 21.5 Å². The van der Waals surface area contributed by atoms with Gasteiger partial charge in [0.15, 0.2) is 5.82 Å². The van der Waals surface area contributed by atoms with E-state index in [1.165, 1.54) is 6.33 Å². The molecule has 5 rings (SSSR count). The lowest BCUT2D eigenvalue weighted by Gasteiger charge is -2.09. The highest BCUT2D eigenvalue weighted by Gasteiger charge is 2.19. The van der Waals surface area contributed by atoms with Crippen molar-refractivity contribution in [1.82, 2.24) is 34.8 Å². The molecule has 0 radical (unpaired) electrons. The topological polar surface area (TPSA) is 99.8 Å². The van der Waals surface area contributed by atoms with Gasteiger partial charge in [0.2, 0.25) is 0 Å². The van der Waals surface area contributed by atoms with Gasteiger partial charge >= 0.3 is 0 Å². The molecular weight excluding hydrogens is 442 g/mol. The molecule has 2 aromatic carbocycles. The molecular formula is C26H23N7O2. The molecule has 174 valence electrons. The molecule has 9 heteroatoms. The molecule has 0 spiro atoms. The second kappa shape index (κ2) is 10.0. The molecule has 0 saturated carbocycles. The Balaban J connectivity index is 1.43. The van der Waals surface area contributed by atoms with Crippen LogP contribution in [0.4, 0.5) is 0 Å². The van der Waals surface area contributed by atoms with Crippen molar-refractivity contribution in [3.05, 3.63) is 108 Å². The smallest absolute Gasteiger partial charge is 0.255 e. The Bertz CT molecular complexity index is 1410. The van der Waals surface area contributed by atoms with Crippen molar-refractivity contribution in [2.24, 2.45) is 0 Å². The number of benzene rings is 2. The van der Waals surface area contributed by atoms with Crippen molar-refractivity contribution in [1.29, 1.82) is 0 Å². The highest BCUT2D eigenvalue weighted by Crippen LogP contribution is 2.25. The van der Waals surface area contributed by atoms with Crippen LogP contribution in [0.2, 0.25) is 0 Å². The fourth-order valence-corrected chi connectivity index (χ4v) is 3.76. The zero-order chi connectivity index (χ0) is 24.0. The van der Waals surface area contributed by atoms with Gasteiger partial charge in [-0.3, -0.25) is 9.48 Å². The van der Waals surface area contributed by atoms with Crippen molar-refractivity contribution in [2.75, 3.05) is 7.11 Å². The summed E-state index contributed by atoms with van der Waals surface area (Å²) in [4.78, 5) is 21.7. The molecule has 1 amide bonds. The molecule has 0 aliphatic rings. The number of pyridine rings is 1. The van der Waals surface area contributed by atoms with Gasteiger partial charge in [-0.05, 0) is 35.9 Å². The Hall–Kier alpha value is -4.79. The summed E-state index contributed by atoms with van der Waals surface area (Å²) < 4.78 is 8.63. The van der Waals surface area contributed by atoms with E-state index in [0.717, 1.165) is 22.4 Å². The summed E-state index contributed by atoms with van der Waals surface area (Å²) in [5.41, 5.74) is 3.82. The van der Waals surface area contributed by atoms with Gasteiger partial charge in [-0.2, -0.15) is 10.2 Å². The highest BCUT2D eigenvalue weighted by molar-refractivity contribution is 5.99. The highest BCUT2D eigenvalue weighted by atomic mass is 16.5. The summed E-state index contributed by atoms with van der Waals surface area (Å²) in [7, 11) is 1.62. The van der Waals surface area contributed by atoms with Gasteiger partial charge in [0.25, 0.3) is 5.91 Å². The largest absolute Gasteiger partial charge is 0.497 e. The number of ether oxygens (including phenoxy) is 1. The number of nitrogens with zero attached hydrogens (tertiary/aromatic N) is 6. The number of rotatable bonds is 8. The van der Waals surface area contributed by atoms with Gasteiger partial charge in [0.1, 0.15) is 24.1 Å². The minimum Gasteiger partial charge on any atom is -0.497 e. The Kier molecular flexibility index (Phi) is 6.29. The molecule has 5 aromatic rings. The van der Waals surface area contributed by atoms with Gasteiger partial charge < -0.3 is 10.1 Å². The number of aromatic nitrogens is 6. The van der Waals surface area contributed by atoms with Gasteiger partial charge in [0.05, 0.1) is 19.2 Å². The summed E-state index contributed by atoms with van der Waals surface area (Å²) in [5, 5.41) is 11.9. The number of hydrogen-bond acceptors (Lipinski definition) is 6. The molecule has 35 heavy (non-hydrogen) atoms. The van der Waals surface area contributed by atoms with Crippen molar-refractivity contribution < 1.29 is 9.53 Å². The first-order valence-corrected chi connectivity index (χ1v) is 11.0. The van der Waals surface area contributed by atoms with Crippen LogP contribution in [0, 0.1) is 0 Å². The molecule has 3 aromatic heterocycles. The number of amides is 1. The molecule has 0 fully saturated rings. The van der Waals surface area contributed by atoms with Crippen molar-refractivity contribution >= 4 is 5.91 Å². The van der Waals surface area contributed by atoms with Gasteiger partial charge in [-0.25, -0.2) is 14.6 Å². The Morgan fingerprint density at radius 1 is 1.03 bits per heavy atom. The van der Waals surface area contributed by atoms with E-state index in [4.69, 9.17) is 9.84 Å². The number of methoxy groups -OCH3 is 1. The van der Waals surface area contributed by atoms with Crippen LogP contribution in [-0.2, 0) is 13.1 Å². The molecule has 0 aliphatic carbocycles. The van der Waals surface area contributed by atoms with Gasteiger partial charge in [-0.15, -0.1) is 0 Å². The zero-order valence-corrected chi connectivity index (χ0v) is 19.1. The second-order valence-corrected chi connectivity index (χ2v) is 7.81. The lowest BCUT2D eigenvalue weighted by atomic mass is 10.1.